The van der Waals surface area contributed by atoms with Crippen molar-refractivity contribution in [2.45, 2.75) is 19.4 Å². The van der Waals surface area contributed by atoms with E-state index in [-0.39, 0.29) is 6.04 Å². The van der Waals surface area contributed by atoms with Crippen LogP contribution in [-0.2, 0) is 6.42 Å². The highest BCUT2D eigenvalue weighted by Gasteiger charge is 2.13. The van der Waals surface area contributed by atoms with Crippen LogP contribution in [0.25, 0.3) is 0 Å². The molecule has 0 amide bonds. The molecule has 2 rings (SSSR count). The van der Waals surface area contributed by atoms with E-state index in [2.05, 4.69) is 34.8 Å². The number of nitrogens with one attached hydrogen (secondary N) is 1. The molecule has 1 unspecified atom stereocenters. The fraction of sp³-hybridized carbons (Fsp3) is 0.250. The highest BCUT2D eigenvalue weighted by atomic mass is 32.1. The van der Waals surface area contributed by atoms with Crippen molar-refractivity contribution in [1.82, 2.24) is 10.4 Å². The van der Waals surface area contributed by atoms with Crippen LogP contribution in [0, 0.1) is 6.92 Å². The molecule has 0 saturated carbocycles. The molecule has 0 aliphatic rings. The van der Waals surface area contributed by atoms with Crippen LogP contribution in [0.15, 0.2) is 36.0 Å². The number of aromatic nitrogens is 1. The third-order valence-electron chi connectivity index (χ3n) is 2.63. The lowest BCUT2D eigenvalue weighted by Crippen LogP contribution is -2.29. The van der Waals surface area contributed by atoms with Gasteiger partial charge in [0.25, 0.3) is 0 Å². The number of rotatable bonds is 4. The lowest BCUT2D eigenvalue weighted by atomic mass is 10.0. The van der Waals surface area contributed by atoms with E-state index in [4.69, 9.17) is 5.84 Å². The summed E-state index contributed by atoms with van der Waals surface area (Å²) in [6, 6.07) is 6.37. The maximum absolute atomic E-state index is 5.62. The van der Waals surface area contributed by atoms with E-state index in [0.29, 0.717) is 0 Å². The number of hydrogen-bond acceptors (Lipinski definition) is 4. The highest BCUT2D eigenvalue weighted by Crippen LogP contribution is 2.22. The molecule has 0 aliphatic heterocycles. The number of nitrogens with zero attached hydrogens (tertiary/aromatic N) is 1. The Balaban J connectivity index is 2.20. The van der Waals surface area contributed by atoms with E-state index in [9.17, 15) is 0 Å². The van der Waals surface area contributed by atoms with Gasteiger partial charge in [0.15, 0.2) is 0 Å². The summed E-state index contributed by atoms with van der Waals surface area (Å²) < 4.78 is 0. The number of hydrogen-bond donors (Lipinski definition) is 2. The molecule has 0 bridgehead atoms. The molecule has 2 aromatic rings. The first-order valence-corrected chi connectivity index (χ1v) is 6.08. The average Bonchev–Trinajstić information content (AvgIpc) is 2.80. The SMILES string of the molecule is Cc1cnccc1C(Cc1cccs1)NN. The van der Waals surface area contributed by atoms with Crippen molar-refractivity contribution >= 4 is 11.3 Å². The molecule has 16 heavy (non-hydrogen) atoms. The van der Waals surface area contributed by atoms with Crippen LogP contribution in [-0.4, -0.2) is 4.98 Å². The monoisotopic (exact) mass is 233 g/mol. The zero-order chi connectivity index (χ0) is 11.4. The number of pyridine rings is 1. The average molecular weight is 233 g/mol. The Morgan fingerprint density at radius 2 is 2.38 bits per heavy atom. The molecule has 0 aromatic carbocycles. The molecule has 1 atom stereocenters. The Morgan fingerprint density at radius 1 is 1.50 bits per heavy atom. The lowest BCUT2D eigenvalue weighted by Gasteiger charge is -2.17. The van der Waals surface area contributed by atoms with Crippen LogP contribution in [0.1, 0.15) is 22.0 Å². The Bertz CT molecular complexity index is 439. The second-order valence-corrected chi connectivity index (χ2v) is 4.77. The summed E-state index contributed by atoms with van der Waals surface area (Å²) in [4.78, 5) is 5.43. The van der Waals surface area contributed by atoms with Gasteiger partial charge >= 0.3 is 0 Å². The van der Waals surface area contributed by atoms with Crippen molar-refractivity contribution in [3.05, 3.63) is 52.0 Å². The van der Waals surface area contributed by atoms with Crippen LogP contribution in [0.4, 0.5) is 0 Å². The minimum atomic E-state index is 0.154. The largest absolute Gasteiger partial charge is 0.271 e. The summed E-state index contributed by atoms with van der Waals surface area (Å²) in [5, 5.41) is 2.09. The summed E-state index contributed by atoms with van der Waals surface area (Å²) in [6.07, 6.45) is 4.59. The predicted molar refractivity (Wildman–Crippen MR) is 67.1 cm³/mol. The topological polar surface area (TPSA) is 50.9 Å². The van der Waals surface area contributed by atoms with Gasteiger partial charge in [0.05, 0.1) is 6.04 Å². The van der Waals surface area contributed by atoms with E-state index in [1.165, 1.54) is 16.0 Å². The molecule has 2 heterocycles. The van der Waals surface area contributed by atoms with Crippen molar-refractivity contribution in [3.63, 3.8) is 0 Å². The lowest BCUT2D eigenvalue weighted by molar-refractivity contribution is 0.552. The van der Waals surface area contributed by atoms with Gasteiger partial charge < -0.3 is 0 Å². The van der Waals surface area contributed by atoms with Gasteiger partial charge in [-0.15, -0.1) is 11.3 Å². The van der Waals surface area contributed by atoms with Gasteiger partial charge in [0.1, 0.15) is 0 Å². The van der Waals surface area contributed by atoms with E-state index in [0.717, 1.165) is 6.42 Å². The van der Waals surface area contributed by atoms with Gasteiger partial charge in [0.2, 0.25) is 0 Å². The highest BCUT2D eigenvalue weighted by molar-refractivity contribution is 7.09. The first-order valence-electron chi connectivity index (χ1n) is 5.20. The fourth-order valence-electron chi connectivity index (χ4n) is 1.76. The first kappa shape index (κ1) is 11.3. The second kappa shape index (κ2) is 5.21. The van der Waals surface area contributed by atoms with Gasteiger partial charge in [0, 0.05) is 23.7 Å². The standard InChI is InChI=1S/C12H15N3S/c1-9-8-14-5-4-11(9)12(15-13)7-10-3-2-6-16-10/h2-6,8,12,15H,7,13H2,1H3. The number of nitrogens with two attached hydrogens (primary N) is 1. The molecular formula is C12H15N3S. The summed E-state index contributed by atoms with van der Waals surface area (Å²) in [7, 11) is 0. The smallest absolute Gasteiger partial charge is 0.0511 e. The van der Waals surface area contributed by atoms with Gasteiger partial charge in [-0.2, -0.15) is 0 Å². The Hall–Kier alpha value is -1.23. The van der Waals surface area contributed by atoms with Gasteiger partial charge in [-0.05, 0) is 35.6 Å². The Labute approximate surface area is 99.3 Å². The summed E-state index contributed by atoms with van der Waals surface area (Å²) in [6.45, 7) is 2.06. The van der Waals surface area contributed by atoms with Gasteiger partial charge in [-0.3, -0.25) is 16.3 Å². The van der Waals surface area contributed by atoms with Crippen molar-refractivity contribution in [3.8, 4) is 0 Å². The van der Waals surface area contributed by atoms with E-state index in [1.54, 1.807) is 17.5 Å². The first-order chi connectivity index (χ1) is 7.81. The molecule has 3 N–H and O–H groups in total. The number of thiophene rings is 1. The zero-order valence-corrected chi connectivity index (χ0v) is 10.00. The van der Waals surface area contributed by atoms with Crippen LogP contribution >= 0.6 is 11.3 Å². The molecule has 0 saturated heterocycles. The number of hydrazine groups is 1. The fourth-order valence-corrected chi connectivity index (χ4v) is 2.52. The van der Waals surface area contributed by atoms with Crippen LogP contribution < -0.4 is 11.3 Å². The van der Waals surface area contributed by atoms with Gasteiger partial charge in [-0.25, -0.2) is 0 Å². The maximum Gasteiger partial charge on any atom is 0.0511 e. The molecular weight excluding hydrogens is 218 g/mol. The van der Waals surface area contributed by atoms with E-state index in [1.807, 2.05) is 12.3 Å². The van der Waals surface area contributed by atoms with Crippen molar-refractivity contribution < 1.29 is 0 Å². The second-order valence-electron chi connectivity index (χ2n) is 3.74. The Kier molecular flexibility index (Phi) is 3.66. The molecule has 4 heteroatoms. The normalized spacial score (nSPS) is 12.6. The van der Waals surface area contributed by atoms with Gasteiger partial charge in [-0.1, -0.05) is 6.07 Å². The minimum Gasteiger partial charge on any atom is -0.271 e. The van der Waals surface area contributed by atoms with Crippen molar-refractivity contribution in [1.29, 1.82) is 0 Å². The number of aryl methyl sites for hydroxylation is 1. The molecule has 0 aliphatic carbocycles. The predicted octanol–water partition coefficient (Wildman–Crippen LogP) is 2.20. The van der Waals surface area contributed by atoms with Crippen LogP contribution in [0.2, 0.25) is 0 Å². The molecule has 2 aromatic heterocycles. The maximum atomic E-state index is 5.62. The quantitative estimate of drug-likeness (QED) is 0.629. The molecule has 0 fully saturated rings. The van der Waals surface area contributed by atoms with Crippen LogP contribution in [0.5, 0.6) is 0 Å². The Morgan fingerprint density at radius 3 is 3.00 bits per heavy atom. The van der Waals surface area contributed by atoms with E-state index >= 15 is 0 Å². The van der Waals surface area contributed by atoms with Crippen LogP contribution in [0.3, 0.4) is 0 Å². The summed E-state index contributed by atoms with van der Waals surface area (Å²) in [5.41, 5.74) is 5.26. The third-order valence-corrected chi connectivity index (χ3v) is 3.52. The molecule has 0 spiro atoms. The minimum absolute atomic E-state index is 0.154. The van der Waals surface area contributed by atoms with Crippen molar-refractivity contribution in [2.24, 2.45) is 5.84 Å². The van der Waals surface area contributed by atoms with Crippen molar-refractivity contribution in [2.75, 3.05) is 0 Å². The summed E-state index contributed by atoms with van der Waals surface area (Å²) in [5.74, 6) is 5.62. The molecule has 84 valence electrons. The summed E-state index contributed by atoms with van der Waals surface area (Å²) >= 11 is 1.76. The zero-order valence-electron chi connectivity index (χ0n) is 9.18. The molecule has 3 nitrogen and oxygen atoms in total. The van der Waals surface area contributed by atoms with E-state index < -0.39 is 0 Å². The molecule has 0 radical (unpaired) electrons. The third kappa shape index (κ3) is 2.47.